The molecule has 0 spiro atoms. The summed E-state index contributed by atoms with van der Waals surface area (Å²) in [6.07, 6.45) is 1.22. The summed E-state index contributed by atoms with van der Waals surface area (Å²) in [5, 5.41) is 3.34. The van der Waals surface area contributed by atoms with Gasteiger partial charge in [0.15, 0.2) is 0 Å². The van der Waals surface area contributed by atoms with Crippen molar-refractivity contribution in [2.24, 2.45) is 17.3 Å². The minimum absolute atomic E-state index is 0.0934. The minimum atomic E-state index is -0.113. The molecule has 0 unspecified atom stereocenters. The van der Waals surface area contributed by atoms with Crippen LogP contribution in [0, 0.1) is 17.3 Å². The van der Waals surface area contributed by atoms with Gasteiger partial charge in [-0.2, -0.15) is 0 Å². The van der Waals surface area contributed by atoms with Crippen molar-refractivity contribution in [2.75, 3.05) is 6.54 Å². The number of hydrogen-bond acceptors (Lipinski definition) is 3. The van der Waals surface area contributed by atoms with Crippen LogP contribution < -0.4 is 5.32 Å². The monoisotopic (exact) mass is 259 g/mol. The average Bonchev–Trinajstić information content (AvgIpc) is 2.76. The van der Waals surface area contributed by atoms with Gasteiger partial charge < -0.3 is 10.1 Å². The van der Waals surface area contributed by atoms with Crippen LogP contribution in [-0.4, -0.2) is 18.6 Å². The van der Waals surface area contributed by atoms with Crippen LogP contribution in [0.5, 0.6) is 0 Å². The number of carbonyl (C=O) groups is 1. The normalized spacial score (nSPS) is 31.4. The SMILES string of the molecule is CC1(C)C[C@H]2CN[C@H](C(=O)OCc3ccccc3)[C@H]21. The molecule has 1 N–H and O–H groups in total. The van der Waals surface area contributed by atoms with Crippen LogP contribution in [0.3, 0.4) is 0 Å². The van der Waals surface area contributed by atoms with Crippen LogP contribution in [0.1, 0.15) is 25.8 Å². The second kappa shape index (κ2) is 4.64. The molecule has 0 amide bonds. The van der Waals surface area contributed by atoms with Crippen molar-refractivity contribution in [1.82, 2.24) is 5.32 Å². The van der Waals surface area contributed by atoms with Crippen molar-refractivity contribution in [3.05, 3.63) is 35.9 Å². The summed E-state index contributed by atoms with van der Waals surface area (Å²) in [7, 11) is 0. The Hall–Kier alpha value is -1.35. The first-order chi connectivity index (χ1) is 9.08. The smallest absolute Gasteiger partial charge is 0.323 e. The molecule has 0 bridgehead atoms. The maximum Gasteiger partial charge on any atom is 0.323 e. The predicted molar refractivity (Wildman–Crippen MR) is 73.4 cm³/mol. The first kappa shape index (κ1) is 12.7. The minimum Gasteiger partial charge on any atom is -0.460 e. The number of hydrogen-bond donors (Lipinski definition) is 1. The quantitative estimate of drug-likeness (QED) is 0.847. The van der Waals surface area contributed by atoms with Crippen LogP contribution in [-0.2, 0) is 16.1 Å². The van der Waals surface area contributed by atoms with E-state index in [-0.39, 0.29) is 17.4 Å². The molecule has 0 radical (unpaired) electrons. The zero-order valence-electron chi connectivity index (χ0n) is 11.6. The van der Waals surface area contributed by atoms with Gasteiger partial charge in [-0.1, -0.05) is 44.2 Å². The third-order valence-corrected chi connectivity index (χ3v) is 4.64. The number of carbonyl (C=O) groups excluding carboxylic acids is 1. The molecule has 1 aromatic rings. The van der Waals surface area contributed by atoms with E-state index in [0.29, 0.717) is 18.4 Å². The van der Waals surface area contributed by atoms with Crippen molar-refractivity contribution < 1.29 is 9.53 Å². The zero-order chi connectivity index (χ0) is 13.5. The highest BCUT2D eigenvalue weighted by atomic mass is 16.5. The van der Waals surface area contributed by atoms with Gasteiger partial charge in [0.1, 0.15) is 12.6 Å². The molecule has 2 fully saturated rings. The lowest BCUT2D eigenvalue weighted by atomic mass is 9.55. The third-order valence-electron chi connectivity index (χ3n) is 4.64. The number of benzene rings is 1. The number of ether oxygens (including phenoxy) is 1. The summed E-state index contributed by atoms with van der Waals surface area (Å²) in [6.45, 7) is 5.83. The van der Waals surface area contributed by atoms with E-state index in [9.17, 15) is 4.79 Å². The molecule has 1 saturated carbocycles. The summed E-state index contributed by atoms with van der Waals surface area (Å²) >= 11 is 0. The van der Waals surface area contributed by atoms with E-state index in [4.69, 9.17) is 4.74 Å². The fourth-order valence-electron chi connectivity index (χ4n) is 3.79. The lowest BCUT2D eigenvalue weighted by Crippen LogP contribution is -2.50. The standard InChI is InChI=1S/C16H21NO2/c1-16(2)8-12-9-17-14(13(12)16)15(18)19-10-11-6-4-3-5-7-11/h3-7,12-14,17H,8-10H2,1-2H3/t12-,13-,14-/m0/s1. The lowest BCUT2D eigenvalue weighted by molar-refractivity contribution is -0.152. The van der Waals surface area contributed by atoms with Crippen LogP contribution in [0.4, 0.5) is 0 Å². The van der Waals surface area contributed by atoms with Crippen molar-refractivity contribution in [3.8, 4) is 0 Å². The molecule has 1 aliphatic heterocycles. The molecule has 0 aromatic heterocycles. The van der Waals surface area contributed by atoms with E-state index in [1.54, 1.807) is 0 Å². The Morgan fingerprint density at radius 1 is 1.37 bits per heavy atom. The molecule has 2 aliphatic rings. The highest BCUT2D eigenvalue weighted by Gasteiger charge is 2.56. The fraction of sp³-hybridized carbons (Fsp3) is 0.562. The second-order valence-electron chi connectivity index (χ2n) is 6.46. The summed E-state index contributed by atoms with van der Waals surface area (Å²) < 4.78 is 5.46. The molecule has 102 valence electrons. The number of esters is 1. The summed E-state index contributed by atoms with van der Waals surface area (Å²) in [4.78, 5) is 12.2. The van der Waals surface area contributed by atoms with Gasteiger partial charge >= 0.3 is 5.97 Å². The molecule has 3 atom stereocenters. The number of rotatable bonds is 3. The first-order valence-electron chi connectivity index (χ1n) is 7.02. The maximum absolute atomic E-state index is 12.2. The molecule has 19 heavy (non-hydrogen) atoms. The van der Waals surface area contributed by atoms with Crippen LogP contribution >= 0.6 is 0 Å². The van der Waals surface area contributed by atoms with Gasteiger partial charge in [-0.15, -0.1) is 0 Å². The third kappa shape index (κ3) is 2.27. The van der Waals surface area contributed by atoms with E-state index in [2.05, 4.69) is 19.2 Å². The van der Waals surface area contributed by atoms with Crippen molar-refractivity contribution in [3.63, 3.8) is 0 Å². The molecule has 1 aromatic carbocycles. The van der Waals surface area contributed by atoms with E-state index in [0.717, 1.165) is 12.1 Å². The van der Waals surface area contributed by atoms with E-state index in [1.807, 2.05) is 30.3 Å². The molecular formula is C16H21NO2. The van der Waals surface area contributed by atoms with Crippen molar-refractivity contribution >= 4 is 5.97 Å². The zero-order valence-corrected chi connectivity index (χ0v) is 11.6. The van der Waals surface area contributed by atoms with Gasteiger partial charge in [0.05, 0.1) is 0 Å². The molecule has 3 rings (SSSR count). The number of fused-ring (bicyclic) bond motifs is 1. The van der Waals surface area contributed by atoms with Gasteiger partial charge in [0.2, 0.25) is 0 Å². The van der Waals surface area contributed by atoms with Gasteiger partial charge in [0.25, 0.3) is 0 Å². The topological polar surface area (TPSA) is 38.3 Å². The number of nitrogens with one attached hydrogen (secondary N) is 1. The lowest BCUT2D eigenvalue weighted by Gasteiger charge is -2.49. The Labute approximate surface area is 114 Å². The summed E-state index contributed by atoms with van der Waals surface area (Å²) in [5.74, 6) is 1.00. The molecule has 1 heterocycles. The molecule has 1 saturated heterocycles. The van der Waals surface area contributed by atoms with E-state index >= 15 is 0 Å². The van der Waals surface area contributed by atoms with Crippen LogP contribution in [0.25, 0.3) is 0 Å². The van der Waals surface area contributed by atoms with Gasteiger partial charge in [-0.25, -0.2) is 0 Å². The molecule has 1 aliphatic carbocycles. The van der Waals surface area contributed by atoms with Gasteiger partial charge in [-0.05, 0) is 35.8 Å². The Kier molecular flexibility index (Phi) is 3.09. The van der Waals surface area contributed by atoms with Crippen LogP contribution in [0.2, 0.25) is 0 Å². The highest BCUT2D eigenvalue weighted by molar-refractivity contribution is 5.77. The molecule has 3 nitrogen and oxygen atoms in total. The predicted octanol–water partition coefficient (Wildman–Crippen LogP) is 2.36. The van der Waals surface area contributed by atoms with Gasteiger partial charge in [-0.3, -0.25) is 4.79 Å². The highest BCUT2D eigenvalue weighted by Crippen LogP contribution is 2.54. The van der Waals surface area contributed by atoms with Gasteiger partial charge in [0, 0.05) is 0 Å². The largest absolute Gasteiger partial charge is 0.460 e. The van der Waals surface area contributed by atoms with Crippen molar-refractivity contribution in [1.29, 1.82) is 0 Å². The van der Waals surface area contributed by atoms with Crippen LogP contribution in [0.15, 0.2) is 30.3 Å². The average molecular weight is 259 g/mol. The molecule has 3 heteroatoms. The van der Waals surface area contributed by atoms with E-state index < -0.39 is 0 Å². The first-order valence-corrected chi connectivity index (χ1v) is 7.02. The Morgan fingerprint density at radius 3 is 2.79 bits per heavy atom. The molecular weight excluding hydrogens is 238 g/mol. The Morgan fingerprint density at radius 2 is 2.11 bits per heavy atom. The van der Waals surface area contributed by atoms with E-state index in [1.165, 1.54) is 6.42 Å². The maximum atomic E-state index is 12.2. The fourth-order valence-corrected chi connectivity index (χ4v) is 3.79. The van der Waals surface area contributed by atoms with Crippen molar-refractivity contribution in [2.45, 2.75) is 32.9 Å². The summed E-state index contributed by atoms with van der Waals surface area (Å²) in [6, 6.07) is 9.73. The second-order valence-corrected chi connectivity index (χ2v) is 6.46. The Bertz CT molecular complexity index is 469. The summed E-state index contributed by atoms with van der Waals surface area (Å²) in [5.41, 5.74) is 1.31. The Balaban J connectivity index is 1.59.